The second-order valence-corrected chi connectivity index (χ2v) is 6.65. The van der Waals surface area contributed by atoms with Crippen LogP contribution in [0.25, 0.3) is 0 Å². The van der Waals surface area contributed by atoms with Crippen LogP contribution in [-0.4, -0.2) is 25.1 Å². The fourth-order valence-corrected chi connectivity index (χ4v) is 3.20. The van der Waals surface area contributed by atoms with Gasteiger partial charge in [-0.2, -0.15) is 0 Å². The summed E-state index contributed by atoms with van der Waals surface area (Å²) in [6.07, 6.45) is 3.21. The van der Waals surface area contributed by atoms with E-state index in [-0.39, 0.29) is 18.5 Å². The highest BCUT2D eigenvalue weighted by Crippen LogP contribution is 2.35. The summed E-state index contributed by atoms with van der Waals surface area (Å²) in [4.78, 5) is 0. The fraction of sp³-hybridized carbons (Fsp3) is 0.700. The van der Waals surface area contributed by atoms with Crippen LogP contribution in [0.15, 0.2) is 30.3 Å². The van der Waals surface area contributed by atoms with Gasteiger partial charge in [0.05, 0.1) is 12.7 Å². The Kier molecular flexibility index (Phi) is 7.54. The fourth-order valence-electron chi connectivity index (χ4n) is 3.20. The maximum Gasteiger partial charge on any atom is 0.184 e. The molecule has 0 aromatic heterocycles. The minimum Gasteiger partial charge on any atom is -0.368 e. The van der Waals surface area contributed by atoms with Gasteiger partial charge in [-0.05, 0) is 30.2 Å². The summed E-state index contributed by atoms with van der Waals surface area (Å²) in [5.41, 5.74) is 1.19. The Bertz CT molecular complexity index is 434. The van der Waals surface area contributed by atoms with Gasteiger partial charge in [-0.3, -0.25) is 0 Å². The third-order valence-corrected chi connectivity index (χ3v) is 4.98. The zero-order chi connectivity index (χ0) is 16.7. The molecule has 0 amide bonds. The predicted octanol–water partition coefficient (Wildman–Crippen LogP) is 4.80. The van der Waals surface area contributed by atoms with Crippen molar-refractivity contribution in [1.82, 2.24) is 0 Å². The summed E-state index contributed by atoms with van der Waals surface area (Å²) in [5, 5.41) is 0. The Balaban J connectivity index is 2.01. The molecule has 1 heterocycles. The number of unbranched alkanes of at least 4 members (excludes halogenated alkanes) is 1. The molecule has 0 aliphatic carbocycles. The maximum absolute atomic E-state index is 6.24. The van der Waals surface area contributed by atoms with Gasteiger partial charge in [-0.15, -0.1) is 0 Å². The molecule has 1 aromatic carbocycles. The van der Waals surface area contributed by atoms with Crippen LogP contribution >= 0.6 is 0 Å². The van der Waals surface area contributed by atoms with Crippen LogP contribution in [0.2, 0.25) is 0 Å². The van der Waals surface area contributed by atoms with Crippen molar-refractivity contribution < 1.29 is 14.2 Å². The lowest BCUT2D eigenvalue weighted by Crippen LogP contribution is -2.51. The largest absolute Gasteiger partial charge is 0.368 e. The number of hydrogen-bond acceptors (Lipinski definition) is 3. The smallest absolute Gasteiger partial charge is 0.184 e. The van der Waals surface area contributed by atoms with Crippen molar-refractivity contribution in [2.75, 3.05) is 6.61 Å². The molecule has 23 heavy (non-hydrogen) atoms. The van der Waals surface area contributed by atoms with E-state index in [9.17, 15) is 0 Å². The van der Waals surface area contributed by atoms with E-state index >= 15 is 0 Å². The van der Waals surface area contributed by atoms with Crippen molar-refractivity contribution in [3.05, 3.63) is 35.9 Å². The average Bonchev–Trinajstić information content (AvgIpc) is 2.58. The number of hydrogen-bond donors (Lipinski definition) is 0. The number of ether oxygens (including phenoxy) is 3. The molecule has 0 unspecified atom stereocenters. The van der Waals surface area contributed by atoms with Crippen molar-refractivity contribution in [2.45, 2.75) is 72.1 Å². The van der Waals surface area contributed by atoms with Crippen molar-refractivity contribution in [3.63, 3.8) is 0 Å². The standard InChI is InChI=1S/C20H32O3/c1-5-7-13-21-20-19(16(4)15(3)18(6-2)23-20)22-14-17-11-9-8-10-12-17/h8-12,15-16,18-20H,5-7,13-14H2,1-4H3/t15-,16-,18+,19+,20-/m0/s1. The molecule has 3 nitrogen and oxygen atoms in total. The highest BCUT2D eigenvalue weighted by Gasteiger charge is 2.42. The van der Waals surface area contributed by atoms with E-state index in [1.807, 2.05) is 18.2 Å². The third kappa shape index (κ3) is 5.03. The van der Waals surface area contributed by atoms with Gasteiger partial charge in [0.25, 0.3) is 0 Å². The summed E-state index contributed by atoms with van der Waals surface area (Å²) in [5.74, 6) is 0.899. The van der Waals surface area contributed by atoms with Crippen molar-refractivity contribution >= 4 is 0 Å². The Hall–Kier alpha value is -0.900. The molecule has 130 valence electrons. The van der Waals surface area contributed by atoms with E-state index in [0.717, 1.165) is 25.9 Å². The molecule has 0 bridgehead atoms. The molecule has 5 atom stereocenters. The first kappa shape index (κ1) is 18.4. The van der Waals surface area contributed by atoms with E-state index in [2.05, 4.69) is 39.8 Å². The van der Waals surface area contributed by atoms with Crippen LogP contribution < -0.4 is 0 Å². The molecular formula is C20H32O3. The van der Waals surface area contributed by atoms with E-state index in [0.29, 0.717) is 18.4 Å². The molecule has 0 N–H and O–H groups in total. The minimum atomic E-state index is -0.249. The summed E-state index contributed by atoms with van der Waals surface area (Å²) < 4.78 is 18.5. The number of rotatable bonds is 8. The molecule has 0 spiro atoms. The number of benzene rings is 1. The van der Waals surface area contributed by atoms with Gasteiger partial charge in [-0.1, -0.05) is 64.4 Å². The lowest BCUT2D eigenvalue weighted by molar-refractivity contribution is -0.283. The van der Waals surface area contributed by atoms with Crippen LogP contribution in [0.5, 0.6) is 0 Å². The summed E-state index contributed by atoms with van der Waals surface area (Å²) in [7, 11) is 0. The van der Waals surface area contributed by atoms with E-state index in [4.69, 9.17) is 14.2 Å². The summed E-state index contributed by atoms with van der Waals surface area (Å²) >= 11 is 0. The zero-order valence-electron chi connectivity index (χ0n) is 15.0. The molecule has 2 rings (SSSR count). The Labute approximate surface area is 141 Å². The molecule has 1 saturated heterocycles. The minimum absolute atomic E-state index is 0.00939. The van der Waals surface area contributed by atoms with Gasteiger partial charge in [0.1, 0.15) is 6.10 Å². The average molecular weight is 320 g/mol. The highest BCUT2D eigenvalue weighted by atomic mass is 16.7. The topological polar surface area (TPSA) is 27.7 Å². The third-order valence-electron chi connectivity index (χ3n) is 4.98. The first-order valence-electron chi connectivity index (χ1n) is 9.09. The lowest BCUT2D eigenvalue weighted by Gasteiger charge is -2.44. The van der Waals surface area contributed by atoms with Crippen molar-refractivity contribution in [2.24, 2.45) is 11.8 Å². The highest BCUT2D eigenvalue weighted by molar-refractivity contribution is 5.13. The van der Waals surface area contributed by atoms with Gasteiger partial charge in [0.2, 0.25) is 0 Å². The van der Waals surface area contributed by atoms with Gasteiger partial charge < -0.3 is 14.2 Å². The van der Waals surface area contributed by atoms with E-state index in [1.165, 1.54) is 5.56 Å². The van der Waals surface area contributed by atoms with E-state index < -0.39 is 0 Å². The lowest BCUT2D eigenvalue weighted by atomic mass is 9.82. The second-order valence-electron chi connectivity index (χ2n) is 6.65. The Morgan fingerprint density at radius 2 is 1.74 bits per heavy atom. The SMILES string of the molecule is CCCCO[C@H]1O[C@H](CC)[C@@H](C)[C@H](C)[C@H]1OCc1ccccc1. The molecule has 3 heteroatoms. The Morgan fingerprint density at radius 1 is 1.00 bits per heavy atom. The summed E-state index contributed by atoms with van der Waals surface area (Å²) in [6.45, 7) is 10.2. The molecular weight excluding hydrogens is 288 g/mol. The van der Waals surface area contributed by atoms with Gasteiger partial charge >= 0.3 is 0 Å². The normalized spacial score (nSPS) is 31.2. The van der Waals surface area contributed by atoms with Gasteiger partial charge in [0, 0.05) is 6.61 Å². The van der Waals surface area contributed by atoms with E-state index in [1.54, 1.807) is 0 Å². The quantitative estimate of drug-likeness (QED) is 0.644. The first-order chi connectivity index (χ1) is 11.2. The molecule has 0 saturated carbocycles. The van der Waals surface area contributed by atoms with Crippen LogP contribution in [0.4, 0.5) is 0 Å². The predicted molar refractivity (Wildman–Crippen MR) is 93.2 cm³/mol. The monoisotopic (exact) mass is 320 g/mol. The first-order valence-corrected chi connectivity index (χ1v) is 9.09. The maximum atomic E-state index is 6.24. The van der Waals surface area contributed by atoms with Crippen LogP contribution in [0.1, 0.15) is 52.5 Å². The van der Waals surface area contributed by atoms with Crippen molar-refractivity contribution in [1.29, 1.82) is 0 Å². The molecule has 1 fully saturated rings. The van der Waals surface area contributed by atoms with Crippen LogP contribution in [0, 0.1) is 11.8 Å². The molecule has 0 radical (unpaired) electrons. The van der Waals surface area contributed by atoms with Crippen molar-refractivity contribution in [3.8, 4) is 0 Å². The zero-order valence-corrected chi connectivity index (χ0v) is 15.0. The van der Waals surface area contributed by atoms with Gasteiger partial charge in [0.15, 0.2) is 6.29 Å². The molecule has 1 aromatic rings. The Morgan fingerprint density at radius 3 is 2.39 bits per heavy atom. The van der Waals surface area contributed by atoms with Crippen LogP contribution in [0.3, 0.4) is 0 Å². The second kappa shape index (κ2) is 9.41. The molecule has 1 aliphatic heterocycles. The van der Waals surface area contributed by atoms with Gasteiger partial charge in [-0.25, -0.2) is 0 Å². The summed E-state index contributed by atoms with van der Waals surface area (Å²) in [6, 6.07) is 10.3. The van der Waals surface area contributed by atoms with Crippen LogP contribution in [-0.2, 0) is 20.8 Å². The molecule has 1 aliphatic rings.